The van der Waals surface area contributed by atoms with E-state index in [-0.39, 0.29) is 0 Å². The van der Waals surface area contributed by atoms with E-state index >= 15 is 0 Å². The molecule has 1 aliphatic heterocycles. The fourth-order valence-corrected chi connectivity index (χ4v) is 2.46. The summed E-state index contributed by atoms with van der Waals surface area (Å²) in [6.07, 6.45) is 0. The van der Waals surface area contributed by atoms with Crippen LogP contribution in [0.25, 0.3) is 0 Å². The smallest absolute Gasteiger partial charge is 0.0216 e. The minimum absolute atomic E-state index is 1.03. The molecule has 2 rings (SSSR count). The van der Waals surface area contributed by atoms with Crippen LogP contribution in [0.4, 0.5) is 0 Å². The lowest BCUT2D eigenvalue weighted by atomic mass is 10.1. The first-order valence-corrected chi connectivity index (χ1v) is 5.28. The number of nitrogens with one attached hydrogen (secondary N) is 1. The molecule has 0 aliphatic carbocycles. The lowest BCUT2D eigenvalue weighted by Crippen LogP contribution is -2.13. The zero-order valence-electron chi connectivity index (χ0n) is 7.26. The number of fused-ring (bicyclic) bond motifs is 1. The van der Waals surface area contributed by atoms with Crippen molar-refractivity contribution in [2.45, 2.75) is 18.4 Å². The highest BCUT2D eigenvalue weighted by Gasteiger charge is 2.06. The Hall–Kier alpha value is -0.470. The topological polar surface area (TPSA) is 12.0 Å². The van der Waals surface area contributed by atoms with Gasteiger partial charge in [-0.15, -0.1) is 11.8 Å². The molecule has 0 saturated carbocycles. The first kappa shape index (κ1) is 8.14. The molecule has 0 radical (unpaired) electrons. The quantitative estimate of drug-likeness (QED) is 0.655. The van der Waals surface area contributed by atoms with Crippen molar-refractivity contribution in [1.82, 2.24) is 5.32 Å². The van der Waals surface area contributed by atoms with Crippen LogP contribution in [0.5, 0.6) is 0 Å². The molecule has 1 aliphatic rings. The molecule has 64 valence electrons. The van der Waals surface area contributed by atoms with Crippen molar-refractivity contribution in [3.63, 3.8) is 0 Å². The van der Waals surface area contributed by atoms with E-state index in [9.17, 15) is 0 Å². The Bertz CT molecular complexity index is 283. The molecule has 1 N–H and O–H groups in total. The molecule has 2 heteroatoms. The number of aryl methyl sites for hydroxylation is 1. The number of benzene rings is 1. The van der Waals surface area contributed by atoms with Gasteiger partial charge in [0, 0.05) is 23.7 Å². The van der Waals surface area contributed by atoms with Crippen LogP contribution in [0.3, 0.4) is 0 Å². The van der Waals surface area contributed by atoms with E-state index < -0.39 is 0 Å². The molecule has 12 heavy (non-hydrogen) atoms. The minimum atomic E-state index is 1.03. The average Bonchev–Trinajstić information content (AvgIpc) is 2.28. The van der Waals surface area contributed by atoms with Crippen molar-refractivity contribution in [1.29, 1.82) is 0 Å². The Kier molecular flexibility index (Phi) is 2.38. The Morgan fingerprint density at radius 3 is 3.25 bits per heavy atom. The molecular weight excluding hydrogens is 166 g/mol. The maximum atomic E-state index is 3.40. The molecule has 0 spiro atoms. The molecule has 0 saturated heterocycles. The van der Waals surface area contributed by atoms with Gasteiger partial charge < -0.3 is 5.32 Å². The highest BCUT2D eigenvalue weighted by Crippen LogP contribution is 2.25. The van der Waals surface area contributed by atoms with E-state index in [0.29, 0.717) is 0 Å². The summed E-state index contributed by atoms with van der Waals surface area (Å²) in [5.41, 5.74) is 2.81. The van der Waals surface area contributed by atoms with Crippen molar-refractivity contribution in [2.24, 2.45) is 0 Å². The number of thioether (sulfide) groups is 1. The second-order valence-corrected chi connectivity index (χ2v) is 4.27. The van der Waals surface area contributed by atoms with Crippen LogP contribution >= 0.6 is 11.8 Å². The molecule has 0 aromatic heterocycles. The highest BCUT2D eigenvalue weighted by atomic mass is 32.2. The van der Waals surface area contributed by atoms with Crippen LogP contribution in [-0.4, -0.2) is 12.3 Å². The Balaban J connectivity index is 2.36. The van der Waals surface area contributed by atoms with Gasteiger partial charge in [-0.2, -0.15) is 0 Å². The first-order valence-electron chi connectivity index (χ1n) is 4.29. The number of hydrogen-bond donors (Lipinski definition) is 1. The Morgan fingerprint density at radius 2 is 2.33 bits per heavy atom. The summed E-state index contributed by atoms with van der Waals surface area (Å²) in [7, 11) is 0. The summed E-state index contributed by atoms with van der Waals surface area (Å²) in [5.74, 6) is 1.19. The predicted octanol–water partition coefficient (Wildman–Crippen LogP) is 2.19. The van der Waals surface area contributed by atoms with E-state index in [1.807, 2.05) is 11.8 Å². The zero-order chi connectivity index (χ0) is 8.39. The molecule has 0 atom stereocenters. The zero-order valence-corrected chi connectivity index (χ0v) is 8.08. The van der Waals surface area contributed by atoms with Crippen LogP contribution in [0.2, 0.25) is 0 Å². The molecule has 1 nitrogen and oxygen atoms in total. The number of rotatable bonds is 0. The van der Waals surface area contributed by atoms with Crippen molar-refractivity contribution in [3.05, 3.63) is 29.3 Å². The summed E-state index contributed by atoms with van der Waals surface area (Å²) in [6.45, 7) is 4.31. The fraction of sp³-hybridized carbons (Fsp3) is 0.400. The van der Waals surface area contributed by atoms with Gasteiger partial charge in [-0.05, 0) is 24.1 Å². The lowest BCUT2D eigenvalue weighted by molar-refractivity contribution is 0.732. The van der Waals surface area contributed by atoms with E-state index in [4.69, 9.17) is 0 Å². The molecule has 1 aromatic rings. The van der Waals surface area contributed by atoms with E-state index in [2.05, 4.69) is 30.4 Å². The second kappa shape index (κ2) is 3.50. The largest absolute Gasteiger partial charge is 0.312 e. The van der Waals surface area contributed by atoms with Crippen LogP contribution in [0.15, 0.2) is 23.1 Å². The van der Waals surface area contributed by atoms with Gasteiger partial charge in [0.05, 0.1) is 0 Å². The molecule has 0 fully saturated rings. The third kappa shape index (κ3) is 1.65. The predicted molar refractivity (Wildman–Crippen MR) is 53.6 cm³/mol. The van der Waals surface area contributed by atoms with Gasteiger partial charge in [0.2, 0.25) is 0 Å². The normalized spacial score (nSPS) is 16.8. The molecule has 0 bridgehead atoms. The van der Waals surface area contributed by atoms with Crippen molar-refractivity contribution in [2.75, 3.05) is 12.3 Å². The summed E-state index contributed by atoms with van der Waals surface area (Å²) in [4.78, 5) is 1.46. The van der Waals surface area contributed by atoms with Gasteiger partial charge in [-0.1, -0.05) is 12.1 Å². The maximum Gasteiger partial charge on any atom is 0.0216 e. The van der Waals surface area contributed by atoms with Gasteiger partial charge in [0.25, 0.3) is 0 Å². The van der Waals surface area contributed by atoms with Gasteiger partial charge in [-0.3, -0.25) is 0 Å². The SMILES string of the molecule is Cc1ccc2c(c1)SCCNC2. The van der Waals surface area contributed by atoms with Crippen LogP contribution in [0.1, 0.15) is 11.1 Å². The first-order chi connectivity index (χ1) is 5.86. The summed E-state index contributed by atoms with van der Waals surface area (Å²) < 4.78 is 0. The Labute approximate surface area is 77.6 Å². The molecule has 1 heterocycles. The molecule has 0 unspecified atom stereocenters. The molecular formula is C10H13NS. The summed E-state index contributed by atoms with van der Waals surface area (Å²) >= 11 is 1.96. The van der Waals surface area contributed by atoms with Crippen molar-refractivity contribution in [3.8, 4) is 0 Å². The van der Waals surface area contributed by atoms with Crippen molar-refractivity contribution >= 4 is 11.8 Å². The van der Waals surface area contributed by atoms with Crippen LogP contribution < -0.4 is 5.32 Å². The average molecular weight is 179 g/mol. The fourth-order valence-electron chi connectivity index (χ4n) is 1.40. The molecule has 1 aromatic carbocycles. The van der Waals surface area contributed by atoms with Gasteiger partial charge in [-0.25, -0.2) is 0 Å². The van der Waals surface area contributed by atoms with E-state index in [0.717, 1.165) is 13.1 Å². The Morgan fingerprint density at radius 1 is 1.42 bits per heavy atom. The third-order valence-electron chi connectivity index (χ3n) is 2.07. The second-order valence-electron chi connectivity index (χ2n) is 3.14. The maximum absolute atomic E-state index is 3.40. The monoisotopic (exact) mass is 179 g/mol. The van der Waals surface area contributed by atoms with Gasteiger partial charge in [0.15, 0.2) is 0 Å². The van der Waals surface area contributed by atoms with Gasteiger partial charge >= 0.3 is 0 Å². The van der Waals surface area contributed by atoms with E-state index in [1.54, 1.807) is 0 Å². The summed E-state index contributed by atoms with van der Waals surface area (Å²) in [5, 5.41) is 3.40. The highest BCUT2D eigenvalue weighted by molar-refractivity contribution is 7.99. The van der Waals surface area contributed by atoms with Gasteiger partial charge in [0.1, 0.15) is 0 Å². The molecule has 0 amide bonds. The van der Waals surface area contributed by atoms with E-state index in [1.165, 1.54) is 21.8 Å². The minimum Gasteiger partial charge on any atom is -0.312 e. The van der Waals surface area contributed by atoms with Crippen LogP contribution in [-0.2, 0) is 6.54 Å². The third-order valence-corrected chi connectivity index (χ3v) is 3.17. The summed E-state index contributed by atoms with van der Waals surface area (Å²) in [6, 6.07) is 6.70. The lowest BCUT2D eigenvalue weighted by Gasteiger charge is -2.04. The standard InChI is InChI=1S/C10H13NS/c1-8-2-3-9-7-11-4-5-12-10(9)6-8/h2-3,6,11H,4-5,7H2,1H3. The number of hydrogen-bond acceptors (Lipinski definition) is 2. The van der Waals surface area contributed by atoms with Crippen LogP contribution in [0, 0.1) is 6.92 Å². The van der Waals surface area contributed by atoms with Crippen molar-refractivity contribution < 1.29 is 0 Å².